The highest BCUT2D eigenvalue weighted by Gasteiger charge is 2.11. The quantitative estimate of drug-likeness (QED) is 0.716. The Labute approximate surface area is 146 Å². The van der Waals surface area contributed by atoms with Crippen LogP contribution in [0.25, 0.3) is 0 Å². The highest BCUT2D eigenvalue weighted by Crippen LogP contribution is 2.14. The molecule has 1 aromatic carbocycles. The van der Waals surface area contributed by atoms with Gasteiger partial charge in [0.1, 0.15) is 18.1 Å². The average Bonchev–Trinajstić information content (AvgIpc) is 3.14. The largest absolute Gasteiger partial charge is 0.489 e. The highest BCUT2D eigenvalue weighted by molar-refractivity contribution is 5.94. The second kappa shape index (κ2) is 8.15. The van der Waals surface area contributed by atoms with Gasteiger partial charge in [0, 0.05) is 30.4 Å². The van der Waals surface area contributed by atoms with E-state index in [9.17, 15) is 4.79 Å². The minimum atomic E-state index is -0.111. The summed E-state index contributed by atoms with van der Waals surface area (Å²) in [5, 5.41) is 2.97. The van der Waals surface area contributed by atoms with Crippen molar-refractivity contribution in [2.45, 2.75) is 26.0 Å². The molecule has 0 spiro atoms. The Bertz CT molecular complexity index is 784. The molecule has 1 amide bonds. The molecule has 0 aliphatic heterocycles. The Hall–Kier alpha value is -3.08. The summed E-state index contributed by atoms with van der Waals surface area (Å²) in [6.07, 6.45) is 5.76. The van der Waals surface area contributed by atoms with E-state index in [1.54, 1.807) is 42.9 Å². The molecule has 0 saturated heterocycles. The Morgan fingerprint density at radius 2 is 1.92 bits per heavy atom. The zero-order valence-corrected chi connectivity index (χ0v) is 14.0. The van der Waals surface area contributed by atoms with E-state index in [-0.39, 0.29) is 11.9 Å². The van der Waals surface area contributed by atoms with Gasteiger partial charge < -0.3 is 14.5 Å². The second-order valence-corrected chi connectivity index (χ2v) is 5.83. The Morgan fingerprint density at radius 3 is 2.60 bits per heavy atom. The summed E-state index contributed by atoms with van der Waals surface area (Å²) in [5.41, 5.74) is 1.64. The van der Waals surface area contributed by atoms with Gasteiger partial charge in [-0.1, -0.05) is 0 Å². The number of aromatic nitrogens is 1. The van der Waals surface area contributed by atoms with E-state index in [4.69, 9.17) is 9.15 Å². The summed E-state index contributed by atoms with van der Waals surface area (Å²) in [4.78, 5) is 16.3. The van der Waals surface area contributed by atoms with Crippen LogP contribution < -0.4 is 10.1 Å². The number of rotatable bonds is 7. The molecule has 0 radical (unpaired) electrons. The molecular formula is C20H20N2O3. The number of hydrogen-bond donors (Lipinski definition) is 1. The van der Waals surface area contributed by atoms with Crippen LogP contribution in [0.1, 0.15) is 28.6 Å². The minimum absolute atomic E-state index is 0.0127. The summed E-state index contributed by atoms with van der Waals surface area (Å²) >= 11 is 0. The molecule has 2 aromatic heterocycles. The van der Waals surface area contributed by atoms with Crippen LogP contribution in [0, 0.1) is 0 Å². The molecule has 0 fully saturated rings. The van der Waals surface area contributed by atoms with Gasteiger partial charge in [0.25, 0.3) is 5.91 Å². The fraction of sp³-hybridized carbons (Fsp3) is 0.200. The molecule has 25 heavy (non-hydrogen) atoms. The van der Waals surface area contributed by atoms with Crippen molar-refractivity contribution in [3.05, 3.63) is 84.1 Å². The summed E-state index contributed by atoms with van der Waals surface area (Å²) in [6, 6.07) is 14.7. The van der Waals surface area contributed by atoms with Gasteiger partial charge in [0.2, 0.25) is 0 Å². The average molecular weight is 336 g/mol. The molecule has 1 N–H and O–H groups in total. The molecule has 5 heteroatoms. The second-order valence-electron chi connectivity index (χ2n) is 5.83. The summed E-state index contributed by atoms with van der Waals surface area (Å²) in [5.74, 6) is 1.46. The van der Waals surface area contributed by atoms with Gasteiger partial charge in [-0.15, -0.1) is 0 Å². The number of ether oxygens (including phenoxy) is 1. The van der Waals surface area contributed by atoms with Crippen LogP contribution in [0.15, 0.2) is 71.6 Å². The number of hydrogen-bond acceptors (Lipinski definition) is 4. The van der Waals surface area contributed by atoms with Crippen molar-refractivity contribution in [1.82, 2.24) is 10.3 Å². The third-order valence-corrected chi connectivity index (χ3v) is 3.74. The van der Waals surface area contributed by atoms with E-state index in [0.29, 0.717) is 18.6 Å². The van der Waals surface area contributed by atoms with Crippen LogP contribution in [0.5, 0.6) is 5.75 Å². The lowest BCUT2D eigenvalue weighted by atomic mass is 10.1. The van der Waals surface area contributed by atoms with Gasteiger partial charge in [-0.25, -0.2) is 0 Å². The van der Waals surface area contributed by atoms with Crippen molar-refractivity contribution in [1.29, 1.82) is 0 Å². The van der Waals surface area contributed by atoms with E-state index >= 15 is 0 Å². The number of benzene rings is 1. The first-order valence-electron chi connectivity index (χ1n) is 8.16. The van der Waals surface area contributed by atoms with Crippen molar-refractivity contribution in [2.75, 3.05) is 0 Å². The third kappa shape index (κ3) is 4.94. The van der Waals surface area contributed by atoms with Crippen LogP contribution >= 0.6 is 0 Å². The van der Waals surface area contributed by atoms with E-state index in [2.05, 4.69) is 10.3 Å². The van der Waals surface area contributed by atoms with Crippen LogP contribution in [0.3, 0.4) is 0 Å². The van der Waals surface area contributed by atoms with Gasteiger partial charge in [-0.2, -0.15) is 0 Å². The first-order chi connectivity index (χ1) is 12.2. The van der Waals surface area contributed by atoms with Crippen molar-refractivity contribution in [3.8, 4) is 5.75 Å². The number of pyridine rings is 1. The first-order valence-corrected chi connectivity index (χ1v) is 8.16. The first kappa shape index (κ1) is 16.8. The van der Waals surface area contributed by atoms with Crippen LogP contribution in [-0.2, 0) is 13.0 Å². The van der Waals surface area contributed by atoms with Gasteiger partial charge in [0.15, 0.2) is 0 Å². The monoisotopic (exact) mass is 336 g/mol. The molecular weight excluding hydrogens is 316 g/mol. The molecule has 128 valence electrons. The number of carbonyl (C=O) groups excluding carboxylic acids is 1. The Kier molecular flexibility index (Phi) is 5.46. The Balaban J connectivity index is 1.51. The van der Waals surface area contributed by atoms with Crippen molar-refractivity contribution in [2.24, 2.45) is 0 Å². The van der Waals surface area contributed by atoms with Crippen molar-refractivity contribution in [3.63, 3.8) is 0 Å². The number of nitrogens with one attached hydrogen (secondary N) is 1. The maximum Gasteiger partial charge on any atom is 0.251 e. The molecule has 3 rings (SSSR count). The topological polar surface area (TPSA) is 64.4 Å². The normalized spacial score (nSPS) is 11.7. The number of furan rings is 1. The summed E-state index contributed by atoms with van der Waals surface area (Å²) < 4.78 is 11.0. The van der Waals surface area contributed by atoms with E-state index in [1.807, 2.05) is 31.2 Å². The fourth-order valence-corrected chi connectivity index (χ4v) is 2.44. The van der Waals surface area contributed by atoms with E-state index < -0.39 is 0 Å². The van der Waals surface area contributed by atoms with Crippen molar-refractivity contribution < 1.29 is 13.9 Å². The van der Waals surface area contributed by atoms with Gasteiger partial charge in [0.05, 0.1) is 6.26 Å². The Morgan fingerprint density at radius 1 is 1.16 bits per heavy atom. The number of amides is 1. The molecule has 5 nitrogen and oxygen atoms in total. The maximum absolute atomic E-state index is 12.3. The maximum atomic E-state index is 12.3. The molecule has 0 aliphatic carbocycles. The summed E-state index contributed by atoms with van der Waals surface area (Å²) in [7, 11) is 0. The van der Waals surface area contributed by atoms with Crippen LogP contribution in [0.4, 0.5) is 0 Å². The van der Waals surface area contributed by atoms with Crippen LogP contribution in [-0.4, -0.2) is 16.9 Å². The standard InChI is InChI=1S/C20H20N2O3/c1-15(13-19-3-2-12-24-19)22-20(23)17-4-6-18(7-5-17)25-14-16-8-10-21-11-9-16/h2-12,15H,13-14H2,1H3,(H,22,23)/t15-/m0/s1. The number of carbonyl (C=O) groups is 1. The highest BCUT2D eigenvalue weighted by atomic mass is 16.5. The van der Waals surface area contributed by atoms with Gasteiger partial charge >= 0.3 is 0 Å². The molecule has 0 unspecified atom stereocenters. The molecule has 0 bridgehead atoms. The SMILES string of the molecule is C[C@@H](Cc1ccco1)NC(=O)c1ccc(OCc2ccncc2)cc1. The molecule has 3 aromatic rings. The predicted octanol–water partition coefficient (Wildman–Crippen LogP) is 3.61. The molecule has 0 aliphatic rings. The summed E-state index contributed by atoms with van der Waals surface area (Å²) in [6.45, 7) is 2.42. The van der Waals surface area contributed by atoms with Crippen LogP contribution in [0.2, 0.25) is 0 Å². The predicted molar refractivity (Wildman–Crippen MR) is 94.4 cm³/mol. The van der Waals surface area contributed by atoms with Gasteiger partial charge in [-0.05, 0) is 61.0 Å². The van der Waals surface area contributed by atoms with E-state index in [1.165, 1.54) is 0 Å². The lowest BCUT2D eigenvalue weighted by Gasteiger charge is -2.13. The lowest BCUT2D eigenvalue weighted by Crippen LogP contribution is -2.33. The molecule has 2 heterocycles. The lowest BCUT2D eigenvalue weighted by molar-refractivity contribution is 0.0939. The molecule has 0 saturated carbocycles. The fourth-order valence-electron chi connectivity index (χ4n) is 2.44. The zero-order valence-electron chi connectivity index (χ0n) is 14.0. The van der Waals surface area contributed by atoms with Crippen molar-refractivity contribution >= 4 is 5.91 Å². The zero-order chi connectivity index (χ0) is 17.5. The van der Waals surface area contributed by atoms with Gasteiger partial charge in [-0.3, -0.25) is 9.78 Å². The minimum Gasteiger partial charge on any atom is -0.489 e. The van der Waals surface area contributed by atoms with E-state index in [0.717, 1.165) is 17.1 Å². The smallest absolute Gasteiger partial charge is 0.251 e. The number of nitrogens with zero attached hydrogens (tertiary/aromatic N) is 1. The third-order valence-electron chi connectivity index (χ3n) is 3.74. The molecule has 1 atom stereocenters.